The van der Waals surface area contributed by atoms with Crippen LogP contribution in [0.3, 0.4) is 0 Å². The predicted octanol–water partition coefficient (Wildman–Crippen LogP) is 1.95. The Morgan fingerprint density at radius 2 is 2.07 bits per heavy atom. The second-order valence-corrected chi connectivity index (χ2v) is 9.62. The molecule has 28 heavy (non-hydrogen) atoms. The average Bonchev–Trinajstić information content (AvgIpc) is 3.07. The summed E-state index contributed by atoms with van der Waals surface area (Å²) in [7, 11) is 0. The van der Waals surface area contributed by atoms with Gasteiger partial charge in [0, 0.05) is 11.4 Å². The normalized spacial score (nSPS) is 18.5. The van der Waals surface area contributed by atoms with Crippen molar-refractivity contribution in [2.45, 2.75) is 57.1 Å². The molecule has 0 aromatic carbocycles. The van der Waals surface area contributed by atoms with E-state index in [2.05, 4.69) is 10.1 Å². The average molecular weight is 422 g/mol. The third-order valence-electron chi connectivity index (χ3n) is 5.95. The molecule has 10 heteroatoms. The zero-order chi connectivity index (χ0) is 19.6. The molecule has 3 aromatic heterocycles. The number of rotatable bonds is 5. The molecule has 0 saturated heterocycles. The van der Waals surface area contributed by atoms with Crippen molar-refractivity contribution < 1.29 is 0 Å². The second kappa shape index (κ2) is 6.18. The van der Waals surface area contributed by atoms with Crippen LogP contribution in [-0.4, -0.2) is 23.9 Å². The monoisotopic (exact) mass is 421 g/mol. The Labute approximate surface area is 168 Å². The topological polar surface area (TPSA) is 94.7 Å². The van der Waals surface area contributed by atoms with Crippen LogP contribution in [0.15, 0.2) is 20.7 Å². The number of nitrogens with zero attached hydrogens (tertiary/aromatic N) is 4. The summed E-state index contributed by atoms with van der Waals surface area (Å²) < 4.78 is 4.30. The van der Waals surface area contributed by atoms with E-state index in [4.69, 9.17) is 11.6 Å². The SMILES string of the molecule is Cc1c(Cn2nc[nH]c2=O)sc2c1c(=O)n(C1(Cl)CC1)c(=O)n2CC1CCC1. The molecule has 0 amide bonds. The van der Waals surface area contributed by atoms with E-state index in [-0.39, 0.29) is 23.5 Å². The molecule has 0 bridgehead atoms. The minimum atomic E-state index is -0.891. The molecule has 0 aliphatic heterocycles. The third-order valence-corrected chi connectivity index (χ3v) is 7.80. The molecule has 0 unspecified atom stereocenters. The van der Waals surface area contributed by atoms with Gasteiger partial charge in [0.05, 0.1) is 11.9 Å². The van der Waals surface area contributed by atoms with Gasteiger partial charge >= 0.3 is 11.4 Å². The van der Waals surface area contributed by atoms with E-state index in [1.807, 2.05) is 6.92 Å². The Kier molecular flexibility index (Phi) is 3.96. The quantitative estimate of drug-likeness (QED) is 0.637. The van der Waals surface area contributed by atoms with Crippen molar-refractivity contribution in [3.05, 3.63) is 48.1 Å². The molecule has 0 atom stereocenters. The van der Waals surface area contributed by atoms with E-state index >= 15 is 0 Å². The first-order valence-electron chi connectivity index (χ1n) is 9.47. The van der Waals surface area contributed by atoms with Gasteiger partial charge in [-0.25, -0.2) is 18.8 Å². The number of thiophene rings is 1. The fourth-order valence-corrected chi connectivity index (χ4v) is 5.37. The van der Waals surface area contributed by atoms with Gasteiger partial charge in [0.2, 0.25) is 0 Å². The maximum absolute atomic E-state index is 13.2. The number of aryl methyl sites for hydroxylation is 1. The molecule has 5 rings (SSSR count). The van der Waals surface area contributed by atoms with Gasteiger partial charge in [-0.1, -0.05) is 18.0 Å². The molecule has 2 aliphatic carbocycles. The number of halogens is 1. The Hall–Kier alpha value is -2.13. The highest BCUT2D eigenvalue weighted by molar-refractivity contribution is 7.18. The van der Waals surface area contributed by atoms with E-state index in [9.17, 15) is 14.4 Å². The third kappa shape index (κ3) is 2.63. The molecule has 148 valence electrons. The van der Waals surface area contributed by atoms with Gasteiger partial charge < -0.3 is 0 Å². The van der Waals surface area contributed by atoms with E-state index in [1.165, 1.54) is 33.3 Å². The first-order chi connectivity index (χ1) is 13.4. The molecular weight excluding hydrogens is 402 g/mol. The van der Waals surface area contributed by atoms with Gasteiger partial charge in [-0.05, 0) is 44.1 Å². The highest BCUT2D eigenvalue weighted by Gasteiger charge is 2.46. The van der Waals surface area contributed by atoms with Crippen molar-refractivity contribution in [3.63, 3.8) is 0 Å². The Morgan fingerprint density at radius 3 is 2.64 bits per heavy atom. The van der Waals surface area contributed by atoms with Crippen molar-refractivity contribution in [3.8, 4) is 0 Å². The highest BCUT2D eigenvalue weighted by atomic mass is 35.5. The van der Waals surface area contributed by atoms with Gasteiger partial charge in [0.25, 0.3) is 5.56 Å². The molecule has 2 aliphatic rings. The van der Waals surface area contributed by atoms with Gasteiger partial charge in [0.15, 0.2) is 0 Å². The first-order valence-corrected chi connectivity index (χ1v) is 10.7. The van der Waals surface area contributed by atoms with Crippen LogP contribution in [0.5, 0.6) is 0 Å². The molecule has 3 heterocycles. The smallest absolute Gasteiger partial charge is 0.295 e. The number of hydrogen-bond donors (Lipinski definition) is 1. The summed E-state index contributed by atoms with van der Waals surface area (Å²) in [6.45, 7) is 2.73. The Morgan fingerprint density at radius 1 is 1.32 bits per heavy atom. The van der Waals surface area contributed by atoms with Gasteiger partial charge in [-0.2, -0.15) is 5.10 Å². The van der Waals surface area contributed by atoms with E-state index in [1.54, 1.807) is 4.57 Å². The van der Waals surface area contributed by atoms with Crippen LogP contribution in [0, 0.1) is 12.8 Å². The molecule has 0 radical (unpaired) electrons. The van der Waals surface area contributed by atoms with Crippen LogP contribution >= 0.6 is 22.9 Å². The second-order valence-electron chi connectivity index (χ2n) is 7.83. The van der Waals surface area contributed by atoms with Gasteiger partial charge in [-0.3, -0.25) is 14.3 Å². The number of nitrogens with one attached hydrogen (secondary N) is 1. The molecule has 1 N–H and O–H groups in total. The lowest BCUT2D eigenvalue weighted by Crippen LogP contribution is -2.44. The maximum atomic E-state index is 13.2. The summed E-state index contributed by atoms with van der Waals surface area (Å²) in [5.74, 6) is 0.456. The number of hydrogen-bond acceptors (Lipinski definition) is 5. The van der Waals surface area contributed by atoms with Crippen molar-refractivity contribution in [2.75, 3.05) is 0 Å². The number of aromatic nitrogens is 5. The number of alkyl halides is 1. The molecule has 0 spiro atoms. The molecular formula is C18H20ClN5O3S. The largest absolute Gasteiger partial charge is 0.343 e. The molecule has 2 fully saturated rings. The van der Waals surface area contributed by atoms with Crippen LogP contribution in [0.4, 0.5) is 0 Å². The van der Waals surface area contributed by atoms with E-state index in [0.717, 1.165) is 23.3 Å². The highest BCUT2D eigenvalue weighted by Crippen LogP contribution is 2.46. The first kappa shape index (κ1) is 17.9. The lowest BCUT2D eigenvalue weighted by atomic mass is 9.85. The number of aromatic amines is 1. The standard InChI is InChI=1S/C18H20ClN5O3S/c1-10-12(8-23-16(26)20-9-21-23)28-15-13(10)14(25)24(18(19)5-6-18)17(27)22(15)7-11-3-2-4-11/h9,11H,2-8H2,1H3,(H,20,21,26). The van der Waals surface area contributed by atoms with Crippen molar-refractivity contribution in [1.29, 1.82) is 0 Å². The lowest BCUT2D eigenvalue weighted by molar-refractivity contribution is 0.273. The van der Waals surface area contributed by atoms with Crippen LogP contribution in [0.25, 0.3) is 10.2 Å². The lowest BCUT2D eigenvalue weighted by Gasteiger charge is -2.26. The van der Waals surface area contributed by atoms with Gasteiger partial charge in [0.1, 0.15) is 16.2 Å². The van der Waals surface area contributed by atoms with E-state index < -0.39 is 5.00 Å². The summed E-state index contributed by atoms with van der Waals surface area (Å²) in [6.07, 6.45) is 5.96. The van der Waals surface area contributed by atoms with Crippen LogP contribution in [-0.2, 0) is 18.1 Å². The molecule has 3 aromatic rings. The Balaban J connectivity index is 1.74. The Bertz CT molecular complexity index is 1250. The van der Waals surface area contributed by atoms with Crippen LogP contribution < -0.4 is 16.9 Å². The van der Waals surface area contributed by atoms with Crippen molar-refractivity contribution >= 4 is 33.2 Å². The summed E-state index contributed by atoms with van der Waals surface area (Å²) >= 11 is 7.92. The molecule has 8 nitrogen and oxygen atoms in total. The van der Waals surface area contributed by atoms with Gasteiger partial charge in [-0.15, -0.1) is 11.3 Å². The predicted molar refractivity (Wildman–Crippen MR) is 107 cm³/mol. The fourth-order valence-electron chi connectivity index (χ4n) is 3.85. The maximum Gasteiger partial charge on any atom is 0.343 e. The zero-order valence-corrected chi connectivity index (χ0v) is 17.0. The molecule has 2 saturated carbocycles. The minimum absolute atomic E-state index is 0.261. The van der Waals surface area contributed by atoms with E-state index in [0.29, 0.717) is 35.5 Å². The summed E-state index contributed by atoms with van der Waals surface area (Å²) in [5.41, 5.74) is -0.163. The van der Waals surface area contributed by atoms with Crippen LogP contribution in [0.1, 0.15) is 42.5 Å². The van der Waals surface area contributed by atoms with Crippen molar-refractivity contribution in [2.24, 2.45) is 5.92 Å². The van der Waals surface area contributed by atoms with Crippen LogP contribution in [0.2, 0.25) is 0 Å². The number of fused-ring (bicyclic) bond motifs is 1. The summed E-state index contributed by atoms with van der Waals surface area (Å²) in [6, 6.07) is 0. The van der Waals surface area contributed by atoms with Crippen molar-refractivity contribution in [1.82, 2.24) is 23.9 Å². The zero-order valence-electron chi connectivity index (χ0n) is 15.4. The summed E-state index contributed by atoms with van der Waals surface area (Å²) in [4.78, 5) is 41.5. The fraction of sp³-hybridized carbons (Fsp3) is 0.556. The minimum Gasteiger partial charge on any atom is -0.295 e. The number of H-pyrrole nitrogens is 1. The summed E-state index contributed by atoms with van der Waals surface area (Å²) in [5, 5.41) is 4.54.